The minimum Gasteiger partial charge on any atom is -0.349 e. The van der Waals surface area contributed by atoms with E-state index < -0.39 is 0 Å². The van der Waals surface area contributed by atoms with E-state index in [9.17, 15) is 9.59 Å². The van der Waals surface area contributed by atoms with E-state index in [-0.39, 0.29) is 30.2 Å². The number of nitrogens with one attached hydrogen (secondary N) is 1. The van der Waals surface area contributed by atoms with Gasteiger partial charge in [-0.1, -0.05) is 108 Å². The Morgan fingerprint density at radius 2 is 1.64 bits per heavy atom. The number of thiophene rings is 1. The van der Waals surface area contributed by atoms with E-state index in [2.05, 4.69) is 58.8 Å². The van der Waals surface area contributed by atoms with Crippen molar-refractivity contribution in [2.24, 2.45) is 5.10 Å². The molecule has 0 bridgehead atoms. The second-order valence-electron chi connectivity index (χ2n) is 10.9. The molecule has 45 heavy (non-hydrogen) atoms. The Morgan fingerprint density at radius 3 is 2.36 bits per heavy atom. The summed E-state index contributed by atoms with van der Waals surface area (Å²) in [6.07, 6.45) is 1.72. The quantitative estimate of drug-likeness (QED) is 0.165. The SMILES string of the molecule is Cc1ccc([C@H]2CC(c3cccs3)=NN2C(=O)CSc2nnc(CNC(=O)Cc3ccccc3)n2CCc2ccccc2)cc1. The molecule has 0 aliphatic carbocycles. The third kappa shape index (κ3) is 7.76. The van der Waals surface area contributed by atoms with E-state index in [1.54, 1.807) is 16.3 Å². The van der Waals surface area contributed by atoms with Crippen LogP contribution in [-0.4, -0.2) is 43.1 Å². The average molecular weight is 635 g/mol. The maximum Gasteiger partial charge on any atom is 0.253 e. The molecular formula is C35H34N6O2S2. The first-order valence-corrected chi connectivity index (χ1v) is 16.8. The van der Waals surface area contributed by atoms with Crippen molar-refractivity contribution in [2.45, 2.75) is 50.5 Å². The van der Waals surface area contributed by atoms with Gasteiger partial charge in [0.1, 0.15) is 0 Å². The molecule has 8 nitrogen and oxygen atoms in total. The summed E-state index contributed by atoms with van der Waals surface area (Å²) in [7, 11) is 0. The lowest BCUT2D eigenvalue weighted by molar-refractivity contribution is -0.130. The van der Waals surface area contributed by atoms with E-state index in [0.717, 1.165) is 28.1 Å². The monoisotopic (exact) mass is 634 g/mol. The number of aryl methyl sites for hydroxylation is 2. The van der Waals surface area contributed by atoms with Crippen molar-refractivity contribution in [2.75, 3.05) is 5.75 Å². The van der Waals surface area contributed by atoms with Gasteiger partial charge in [0.2, 0.25) is 5.91 Å². The maximum atomic E-state index is 13.8. The predicted molar refractivity (Wildman–Crippen MR) is 179 cm³/mol. The van der Waals surface area contributed by atoms with Crippen LogP contribution in [0.15, 0.2) is 113 Å². The molecule has 10 heteroatoms. The maximum absolute atomic E-state index is 13.8. The summed E-state index contributed by atoms with van der Waals surface area (Å²) >= 11 is 2.99. The van der Waals surface area contributed by atoms with Crippen molar-refractivity contribution >= 4 is 40.6 Å². The lowest BCUT2D eigenvalue weighted by atomic mass is 10.00. The van der Waals surface area contributed by atoms with Gasteiger partial charge in [0.05, 0.1) is 35.3 Å². The molecule has 0 saturated heterocycles. The molecule has 3 aromatic carbocycles. The number of thioether (sulfide) groups is 1. The summed E-state index contributed by atoms with van der Waals surface area (Å²) in [4.78, 5) is 27.5. The highest BCUT2D eigenvalue weighted by Crippen LogP contribution is 2.35. The topological polar surface area (TPSA) is 92.5 Å². The molecule has 0 fully saturated rings. The normalized spacial score (nSPS) is 14.4. The number of hydrazone groups is 1. The van der Waals surface area contributed by atoms with E-state index in [0.29, 0.717) is 30.4 Å². The number of aromatic nitrogens is 3. The molecule has 6 rings (SSSR count). The van der Waals surface area contributed by atoms with Crippen LogP contribution in [-0.2, 0) is 35.5 Å². The van der Waals surface area contributed by atoms with Gasteiger partial charge < -0.3 is 9.88 Å². The zero-order valence-corrected chi connectivity index (χ0v) is 26.6. The van der Waals surface area contributed by atoms with Crippen LogP contribution in [0.25, 0.3) is 0 Å². The number of amides is 2. The smallest absolute Gasteiger partial charge is 0.253 e. The van der Waals surface area contributed by atoms with Crippen molar-refractivity contribution in [3.8, 4) is 0 Å². The highest BCUT2D eigenvalue weighted by Gasteiger charge is 2.33. The van der Waals surface area contributed by atoms with Gasteiger partial charge in [0.25, 0.3) is 5.91 Å². The van der Waals surface area contributed by atoms with Gasteiger partial charge in [-0.15, -0.1) is 21.5 Å². The highest BCUT2D eigenvalue weighted by atomic mass is 32.2. The summed E-state index contributed by atoms with van der Waals surface area (Å²) in [5, 5.41) is 21.0. The third-order valence-electron chi connectivity index (χ3n) is 7.67. The van der Waals surface area contributed by atoms with Crippen molar-refractivity contribution in [1.82, 2.24) is 25.1 Å². The molecule has 1 aliphatic heterocycles. The van der Waals surface area contributed by atoms with Crippen LogP contribution >= 0.6 is 23.1 Å². The number of carbonyl (C=O) groups is 2. The second-order valence-corrected chi connectivity index (χ2v) is 12.8. The molecule has 1 atom stereocenters. The Morgan fingerprint density at radius 1 is 0.911 bits per heavy atom. The first-order chi connectivity index (χ1) is 22.0. The molecule has 1 aliphatic rings. The molecule has 2 aromatic heterocycles. The van der Waals surface area contributed by atoms with Crippen LogP contribution in [0, 0.1) is 6.92 Å². The van der Waals surface area contributed by atoms with Gasteiger partial charge in [-0.3, -0.25) is 9.59 Å². The van der Waals surface area contributed by atoms with Crippen LogP contribution in [0.4, 0.5) is 0 Å². The van der Waals surface area contributed by atoms with Crippen LogP contribution in [0.5, 0.6) is 0 Å². The zero-order chi connectivity index (χ0) is 31.0. The lowest BCUT2D eigenvalue weighted by Gasteiger charge is -2.22. The average Bonchev–Trinajstić information content (AvgIpc) is 3.83. The number of rotatable bonds is 12. The van der Waals surface area contributed by atoms with Gasteiger partial charge >= 0.3 is 0 Å². The first-order valence-electron chi connectivity index (χ1n) is 14.9. The van der Waals surface area contributed by atoms with Gasteiger partial charge in [0.15, 0.2) is 11.0 Å². The standard InChI is InChI=1S/C35H34N6O2S2/c1-25-14-16-28(17-15-25)30-22-29(31-13-8-20-44-31)39-41(30)34(43)24-45-35-38-37-32(40(35)19-18-26-9-4-2-5-10-26)23-36-33(42)21-27-11-6-3-7-12-27/h2-17,20,30H,18-19,21-24H2,1H3,(H,36,42)/t30-/m1/s1. The number of benzene rings is 3. The third-order valence-corrected chi connectivity index (χ3v) is 9.54. The van der Waals surface area contributed by atoms with Crippen LogP contribution in [0.1, 0.15) is 45.4 Å². The molecule has 1 N–H and O–H groups in total. The van der Waals surface area contributed by atoms with E-state index in [1.165, 1.54) is 22.9 Å². The number of carbonyl (C=O) groups excluding carboxylic acids is 2. The fourth-order valence-electron chi connectivity index (χ4n) is 5.26. The summed E-state index contributed by atoms with van der Waals surface area (Å²) in [5.41, 5.74) is 5.30. The van der Waals surface area contributed by atoms with Crippen LogP contribution in [0.2, 0.25) is 0 Å². The van der Waals surface area contributed by atoms with Gasteiger partial charge in [-0.05, 0) is 41.5 Å². The Bertz CT molecular complexity index is 1750. The summed E-state index contributed by atoms with van der Waals surface area (Å²) in [6.45, 7) is 2.92. The molecule has 0 spiro atoms. The fourth-order valence-corrected chi connectivity index (χ4v) is 6.82. The largest absolute Gasteiger partial charge is 0.349 e. The highest BCUT2D eigenvalue weighted by molar-refractivity contribution is 7.99. The molecule has 0 radical (unpaired) electrons. The molecule has 0 saturated carbocycles. The first kappa shape index (κ1) is 30.5. The molecular weight excluding hydrogens is 601 g/mol. The van der Waals surface area contributed by atoms with Crippen molar-refractivity contribution in [3.05, 3.63) is 135 Å². The molecule has 2 amide bonds. The minimum absolute atomic E-state index is 0.0845. The van der Waals surface area contributed by atoms with Crippen LogP contribution in [0.3, 0.4) is 0 Å². The van der Waals surface area contributed by atoms with Gasteiger partial charge in [0, 0.05) is 13.0 Å². The molecule has 0 unspecified atom stereocenters. The second kappa shape index (κ2) is 14.5. The zero-order valence-electron chi connectivity index (χ0n) is 25.0. The van der Waals surface area contributed by atoms with E-state index in [4.69, 9.17) is 5.10 Å². The van der Waals surface area contributed by atoms with E-state index in [1.807, 2.05) is 70.6 Å². The van der Waals surface area contributed by atoms with Gasteiger partial charge in [-0.25, -0.2) is 5.01 Å². The Balaban J connectivity index is 1.17. The van der Waals surface area contributed by atoms with Crippen molar-refractivity contribution < 1.29 is 9.59 Å². The van der Waals surface area contributed by atoms with Gasteiger partial charge in [-0.2, -0.15) is 5.10 Å². The lowest BCUT2D eigenvalue weighted by Crippen LogP contribution is -2.29. The van der Waals surface area contributed by atoms with Crippen molar-refractivity contribution in [1.29, 1.82) is 0 Å². The fraction of sp³-hybridized carbons (Fsp3) is 0.229. The summed E-state index contributed by atoms with van der Waals surface area (Å²) in [6, 6.07) is 32.1. The Hall–Kier alpha value is -4.54. The Kier molecular flexibility index (Phi) is 9.82. The predicted octanol–water partition coefficient (Wildman–Crippen LogP) is 6.22. The minimum atomic E-state index is -0.165. The van der Waals surface area contributed by atoms with Crippen LogP contribution < -0.4 is 5.32 Å². The Labute approximate surface area is 271 Å². The molecule has 3 heterocycles. The van der Waals surface area contributed by atoms with Crippen molar-refractivity contribution in [3.63, 3.8) is 0 Å². The van der Waals surface area contributed by atoms with E-state index >= 15 is 0 Å². The summed E-state index contributed by atoms with van der Waals surface area (Å²) < 4.78 is 2.01. The molecule has 228 valence electrons. The number of hydrogen-bond donors (Lipinski definition) is 1. The number of hydrogen-bond acceptors (Lipinski definition) is 7. The number of nitrogens with zero attached hydrogens (tertiary/aromatic N) is 5. The summed E-state index contributed by atoms with van der Waals surface area (Å²) in [5.74, 6) is 0.637. The molecule has 5 aromatic rings.